The number of hydrogen-bond donors (Lipinski definition) is 3. The zero-order chi connectivity index (χ0) is 10.1. The summed E-state index contributed by atoms with van der Waals surface area (Å²) in [6, 6.07) is 0. The SMILES string of the molecule is CC(O)=S.OCCN1CCNCC1. The lowest BCUT2D eigenvalue weighted by atomic mass is 10.4. The van der Waals surface area contributed by atoms with Gasteiger partial charge in [0.05, 0.1) is 6.61 Å². The van der Waals surface area contributed by atoms with Crippen molar-refractivity contribution in [3.8, 4) is 0 Å². The number of piperazine rings is 1. The van der Waals surface area contributed by atoms with Gasteiger partial charge in [-0.3, -0.25) is 4.90 Å². The molecule has 5 heteroatoms. The molecule has 4 nitrogen and oxygen atoms in total. The highest BCUT2D eigenvalue weighted by Crippen LogP contribution is 1.88. The van der Waals surface area contributed by atoms with Crippen LogP contribution in [0.3, 0.4) is 0 Å². The van der Waals surface area contributed by atoms with Gasteiger partial charge in [0.15, 0.2) is 5.05 Å². The summed E-state index contributed by atoms with van der Waals surface area (Å²) >= 11 is 4.09. The standard InChI is InChI=1S/C6H14N2O.C2H4OS/c9-6-5-8-3-1-7-2-4-8;1-2(3)4/h7,9H,1-6H2;1H3,(H,3,4). The molecule has 1 rings (SSSR count). The van der Waals surface area contributed by atoms with E-state index in [1.165, 1.54) is 6.92 Å². The molecule has 0 amide bonds. The van der Waals surface area contributed by atoms with Crippen molar-refractivity contribution in [2.24, 2.45) is 0 Å². The fourth-order valence-electron chi connectivity index (χ4n) is 1.08. The second kappa shape index (κ2) is 8.37. The third-order valence-corrected chi connectivity index (χ3v) is 1.63. The Morgan fingerprint density at radius 2 is 1.92 bits per heavy atom. The summed E-state index contributed by atoms with van der Waals surface area (Å²) in [5.74, 6) is 0. The van der Waals surface area contributed by atoms with Gasteiger partial charge in [-0.15, -0.1) is 0 Å². The fourth-order valence-corrected chi connectivity index (χ4v) is 1.08. The Balaban J connectivity index is 0.000000310. The van der Waals surface area contributed by atoms with Crippen LogP contribution in [0.4, 0.5) is 0 Å². The number of aliphatic hydroxyl groups excluding tert-OH is 2. The molecular formula is C8H18N2O2S. The predicted octanol–water partition coefficient (Wildman–Crippen LogP) is -0.224. The number of nitrogens with zero attached hydrogens (tertiary/aromatic N) is 1. The molecule has 0 aromatic carbocycles. The van der Waals surface area contributed by atoms with Crippen molar-refractivity contribution in [3.05, 3.63) is 0 Å². The molecule has 0 aliphatic carbocycles. The van der Waals surface area contributed by atoms with E-state index in [0.717, 1.165) is 32.7 Å². The lowest BCUT2D eigenvalue weighted by molar-refractivity contribution is 0.180. The quantitative estimate of drug-likeness (QED) is 0.545. The Morgan fingerprint density at radius 3 is 2.31 bits per heavy atom. The second-order valence-corrected chi connectivity index (χ2v) is 3.43. The molecule has 0 spiro atoms. The molecule has 13 heavy (non-hydrogen) atoms. The van der Waals surface area contributed by atoms with E-state index >= 15 is 0 Å². The molecule has 0 saturated carbocycles. The molecule has 0 aromatic rings. The van der Waals surface area contributed by atoms with Crippen molar-refractivity contribution in [1.29, 1.82) is 0 Å². The number of hydrogen-bond acceptors (Lipinski definition) is 4. The highest BCUT2D eigenvalue weighted by molar-refractivity contribution is 7.79. The van der Waals surface area contributed by atoms with Crippen LogP contribution in [0.25, 0.3) is 0 Å². The van der Waals surface area contributed by atoms with Crippen LogP contribution < -0.4 is 5.32 Å². The van der Waals surface area contributed by atoms with Gasteiger partial charge in [0.25, 0.3) is 0 Å². The number of aliphatic hydroxyl groups is 2. The Labute approximate surface area is 84.6 Å². The minimum Gasteiger partial charge on any atom is -0.502 e. The largest absolute Gasteiger partial charge is 0.502 e. The summed E-state index contributed by atoms with van der Waals surface area (Å²) in [5.41, 5.74) is 0. The molecule has 1 fully saturated rings. The predicted molar refractivity (Wildman–Crippen MR) is 57.3 cm³/mol. The molecule has 0 atom stereocenters. The minimum absolute atomic E-state index is 0.000000000000000222. The highest BCUT2D eigenvalue weighted by atomic mass is 32.1. The number of thiocarbonyl (C=S) groups is 1. The molecule has 0 radical (unpaired) electrons. The average Bonchev–Trinajstić information content (AvgIpc) is 2.06. The summed E-state index contributed by atoms with van der Waals surface area (Å²) in [7, 11) is 0. The van der Waals surface area contributed by atoms with Gasteiger partial charge in [-0.1, -0.05) is 0 Å². The zero-order valence-corrected chi connectivity index (χ0v) is 8.81. The summed E-state index contributed by atoms with van der Waals surface area (Å²) < 4.78 is 0. The van der Waals surface area contributed by atoms with Gasteiger partial charge >= 0.3 is 0 Å². The maximum atomic E-state index is 8.56. The lowest BCUT2D eigenvalue weighted by Gasteiger charge is -2.25. The third kappa shape index (κ3) is 9.69. The Kier molecular flexibility index (Phi) is 8.22. The van der Waals surface area contributed by atoms with Gasteiger partial charge in [0, 0.05) is 39.6 Å². The first kappa shape index (κ1) is 12.8. The molecule has 0 bridgehead atoms. The molecule has 1 aliphatic rings. The maximum Gasteiger partial charge on any atom is 0.153 e. The van der Waals surface area contributed by atoms with Crippen LogP contribution in [0.15, 0.2) is 0 Å². The lowest BCUT2D eigenvalue weighted by Crippen LogP contribution is -2.44. The number of β-amino-alcohol motifs (C(OH)–C–C–N with tert-alkyl or cyclic N) is 1. The number of nitrogens with one attached hydrogen (secondary N) is 1. The van der Waals surface area contributed by atoms with Crippen LogP contribution in [0.1, 0.15) is 6.92 Å². The fraction of sp³-hybridized carbons (Fsp3) is 0.875. The van der Waals surface area contributed by atoms with Crippen molar-refractivity contribution in [1.82, 2.24) is 10.2 Å². The zero-order valence-electron chi connectivity index (χ0n) is 7.99. The summed E-state index contributed by atoms with van der Waals surface area (Å²) in [6.45, 7) is 6.89. The Bertz CT molecular complexity index is 131. The molecule has 1 saturated heterocycles. The van der Waals surface area contributed by atoms with Crippen LogP contribution in [0, 0.1) is 0 Å². The van der Waals surface area contributed by atoms with E-state index in [2.05, 4.69) is 22.4 Å². The van der Waals surface area contributed by atoms with E-state index in [1.807, 2.05) is 0 Å². The highest BCUT2D eigenvalue weighted by Gasteiger charge is 2.06. The van der Waals surface area contributed by atoms with Gasteiger partial charge in [-0.05, 0) is 12.2 Å². The Hall–Kier alpha value is -0.230. The van der Waals surface area contributed by atoms with E-state index in [9.17, 15) is 0 Å². The van der Waals surface area contributed by atoms with Gasteiger partial charge in [0.2, 0.25) is 0 Å². The van der Waals surface area contributed by atoms with Crippen LogP contribution in [-0.2, 0) is 0 Å². The minimum atomic E-state index is 0.000000000000000222. The molecule has 0 aromatic heterocycles. The molecule has 78 valence electrons. The van der Waals surface area contributed by atoms with E-state index in [0.29, 0.717) is 6.61 Å². The van der Waals surface area contributed by atoms with Crippen molar-refractivity contribution in [2.75, 3.05) is 39.3 Å². The summed E-state index contributed by atoms with van der Waals surface area (Å²) in [4.78, 5) is 2.26. The molecule has 0 unspecified atom stereocenters. The summed E-state index contributed by atoms with van der Waals surface area (Å²) in [6.07, 6.45) is 0. The number of rotatable bonds is 2. The van der Waals surface area contributed by atoms with Gasteiger partial charge < -0.3 is 15.5 Å². The van der Waals surface area contributed by atoms with Crippen molar-refractivity contribution in [3.63, 3.8) is 0 Å². The third-order valence-electron chi connectivity index (χ3n) is 1.63. The van der Waals surface area contributed by atoms with Crippen LogP contribution in [-0.4, -0.2) is 59.5 Å². The first-order chi connectivity index (χ1) is 6.16. The first-order valence-electron chi connectivity index (χ1n) is 4.40. The molecular weight excluding hydrogens is 188 g/mol. The van der Waals surface area contributed by atoms with Gasteiger partial charge in [-0.25, -0.2) is 0 Å². The van der Waals surface area contributed by atoms with Crippen LogP contribution >= 0.6 is 12.2 Å². The van der Waals surface area contributed by atoms with E-state index < -0.39 is 0 Å². The van der Waals surface area contributed by atoms with Crippen molar-refractivity contribution < 1.29 is 10.2 Å². The van der Waals surface area contributed by atoms with E-state index in [4.69, 9.17) is 10.2 Å². The maximum absolute atomic E-state index is 8.56. The van der Waals surface area contributed by atoms with E-state index in [-0.39, 0.29) is 5.05 Å². The monoisotopic (exact) mass is 206 g/mol. The molecule has 1 aliphatic heterocycles. The smallest absolute Gasteiger partial charge is 0.153 e. The Morgan fingerprint density at radius 1 is 1.46 bits per heavy atom. The van der Waals surface area contributed by atoms with Gasteiger partial charge in [0.1, 0.15) is 0 Å². The normalized spacial score (nSPS) is 17.4. The molecule has 3 N–H and O–H groups in total. The second-order valence-electron chi connectivity index (χ2n) is 2.83. The van der Waals surface area contributed by atoms with Crippen LogP contribution in [0.5, 0.6) is 0 Å². The topological polar surface area (TPSA) is 55.7 Å². The first-order valence-corrected chi connectivity index (χ1v) is 4.81. The summed E-state index contributed by atoms with van der Waals surface area (Å²) in [5, 5.41) is 19.6. The van der Waals surface area contributed by atoms with Crippen LogP contribution in [0.2, 0.25) is 0 Å². The average molecular weight is 206 g/mol. The van der Waals surface area contributed by atoms with Gasteiger partial charge in [-0.2, -0.15) is 0 Å². The van der Waals surface area contributed by atoms with E-state index in [1.54, 1.807) is 0 Å². The van der Waals surface area contributed by atoms with Crippen molar-refractivity contribution >= 4 is 17.3 Å². The molecule has 1 heterocycles. The van der Waals surface area contributed by atoms with Crippen molar-refractivity contribution in [2.45, 2.75) is 6.92 Å².